The molecule has 0 spiro atoms. The predicted octanol–water partition coefficient (Wildman–Crippen LogP) is 2.56. The van der Waals surface area contributed by atoms with Crippen LogP contribution in [-0.2, 0) is 11.3 Å². The molecule has 2 heterocycles. The first-order valence-electron chi connectivity index (χ1n) is 9.22. The van der Waals surface area contributed by atoms with Crippen molar-refractivity contribution >= 4 is 11.6 Å². The molecule has 2 aromatic carbocycles. The minimum atomic E-state index is -0.228. The molecule has 2 N–H and O–H groups in total. The Hall–Kier alpha value is -2.92. The molecule has 1 aromatic heterocycles. The minimum absolute atomic E-state index is 0.0600. The maximum absolute atomic E-state index is 14.5. The molecule has 5 heteroatoms. The lowest BCUT2D eigenvalue weighted by Crippen LogP contribution is -3.14. The molecule has 4 nitrogen and oxygen atoms in total. The Balaban J connectivity index is 1.58. The number of nitrogens with one attached hydrogen (secondary N) is 2. The van der Waals surface area contributed by atoms with Crippen LogP contribution in [0.1, 0.15) is 22.9 Å². The van der Waals surface area contributed by atoms with Crippen LogP contribution in [0.5, 0.6) is 0 Å². The molecule has 3 aromatic rings. The van der Waals surface area contributed by atoms with E-state index in [0.717, 1.165) is 34.9 Å². The molecular weight excluding hydrogens is 341 g/mol. The highest BCUT2D eigenvalue weighted by atomic mass is 19.1. The van der Waals surface area contributed by atoms with Gasteiger partial charge in [0.05, 0.1) is 24.3 Å². The fraction of sp³-hybridized carbons (Fsp3) is 0.227. The van der Waals surface area contributed by atoms with E-state index in [9.17, 15) is 9.18 Å². The van der Waals surface area contributed by atoms with Crippen molar-refractivity contribution in [3.05, 3.63) is 89.5 Å². The first-order valence-corrected chi connectivity index (χ1v) is 9.22. The minimum Gasteiger partial charge on any atom is -0.340 e. The summed E-state index contributed by atoms with van der Waals surface area (Å²) in [5, 5.41) is 2.96. The molecule has 0 fully saturated rings. The lowest BCUT2D eigenvalue weighted by Gasteiger charge is -2.34. The normalized spacial score (nSPS) is 18.7. The van der Waals surface area contributed by atoms with Crippen molar-refractivity contribution in [2.45, 2.75) is 19.5 Å². The highest BCUT2D eigenvalue weighted by Gasteiger charge is 2.35. The third-order valence-corrected chi connectivity index (χ3v) is 5.18. The molecule has 27 heavy (non-hydrogen) atoms. The fourth-order valence-corrected chi connectivity index (χ4v) is 3.84. The quantitative estimate of drug-likeness (QED) is 0.734. The van der Waals surface area contributed by atoms with E-state index < -0.39 is 0 Å². The van der Waals surface area contributed by atoms with Crippen LogP contribution >= 0.6 is 0 Å². The maximum atomic E-state index is 14.5. The third-order valence-electron chi connectivity index (χ3n) is 5.18. The number of carbonyl (C=O) groups is 1. The van der Waals surface area contributed by atoms with Crippen LogP contribution in [0.2, 0.25) is 0 Å². The van der Waals surface area contributed by atoms with Crippen molar-refractivity contribution in [3.8, 4) is 0 Å². The molecule has 0 bridgehead atoms. The molecule has 138 valence electrons. The zero-order chi connectivity index (χ0) is 18.8. The third kappa shape index (κ3) is 3.64. The van der Waals surface area contributed by atoms with Crippen molar-refractivity contribution in [3.63, 3.8) is 0 Å². The lowest BCUT2D eigenvalue weighted by atomic mass is 9.99. The van der Waals surface area contributed by atoms with Gasteiger partial charge in [0.25, 0.3) is 5.91 Å². The number of fused-ring (bicyclic) bond motifs is 1. The number of aryl methyl sites for hydroxylation is 1. The number of hydrogen-bond donors (Lipinski definition) is 2. The topological polar surface area (TPSA) is 38.5 Å². The van der Waals surface area contributed by atoms with Gasteiger partial charge >= 0.3 is 0 Å². The number of benzene rings is 2. The maximum Gasteiger partial charge on any atom is 0.279 e. The second-order valence-corrected chi connectivity index (χ2v) is 7.08. The van der Waals surface area contributed by atoms with Crippen molar-refractivity contribution in [2.75, 3.05) is 18.4 Å². The number of amides is 1. The number of nitrogens with zero attached hydrogens (tertiary/aromatic N) is 1. The van der Waals surface area contributed by atoms with Crippen molar-refractivity contribution in [1.29, 1.82) is 0 Å². The summed E-state index contributed by atoms with van der Waals surface area (Å²) >= 11 is 0. The van der Waals surface area contributed by atoms with E-state index in [1.54, 1.807) is 6.07 Å². The number of halogens is 1. The van der Waals surface area contributed by atoms with E-state index in [2.05, 4.69) is 9.88 Å². The number of anilines is 1. The number of aromatic nitrogens is 1. The van der Waals surface area contributed by atoms with Gasteiger partial charge in [0, 0.05) is 11.9 Å². The largest absolute Gasteiger partial charge is 0.340 e. The van der Waals surface area contributed by atoms with Crippen LogP contribution in [-0.4, -0.2) is 23.6 Å². The summed E-state index contributed by atoms with van der Waals surface area (Å²) in [5.74, 6) is -0.288. The summed E-state index contributed by atoms with van der Waals surface area (Å²) in [4.78, 5) is 13.7. The number of quaternary nitrogens is 1. The molecule has 1 aliphatic rings. The average molecular weight is 364 g/mol. The van der Waals surface area contributed by atoms with Crippen LogP contribution in [0.4, 0.5) is 10.1 Å². The van der Waals surface area contributed by atoms with Crippen LogP contribution in [0, 0.1) is 12.7 Å². The number of hydrogen-bond acceptors (Lipinski definition) is 1. The molecular formula is C22H23FN3O+. The Kier molecular flexibility index (Phi) is 4.77. The van der Waals surface area contributed by atoms with Crippen LogP contribution in [0.3, 0.4) is 0 Å². The SMILES string of the molecule is Cc1ccc(NC(=O)C[NH+]2CCn3cccc3[C@H]2c2ccccc2F)cc1. The Bertz CT molecular complexity index is 948. The smallest absolute Gasteiger partial charge is 0.279 e. The van der Waals surface area contributed by atoms with Gasteiger partial charge in [-0.25, -0.2) is 4.39 Å². The molecule has 0 radical (unpaired) electrons. The van der Waals surface area contributed by atoms with Crippen LogP contribution in [0.15, 0.2) is 66.9 Å². The predicted molar refractivity (Wildman–Crippen MR) is 103 cm³/mol. The summed E-state index contributed by atoms with van der Waals surface area (Å²) in [6.07, 6.45) is 2.02. The number of carbonyl (C=O) groups excluding carboxylic acids is 1. The molecule has 2 atom stereocenters. The molecule has 0 saturated carbocycles. The van der Waals surface area contributed by atoms with E-state index in [-0.39, 0.29) is 24.3 Å². The van der Waals surface area contributed by atoms with E-state index in [4.69, 9.17) is 0 Å². The average Bonchev–Trinajstić information content (AvgIpc) is 3.13. The lowest BCUT2D eigenvalue weighted by molar-refractivity contribution is -0.922. The van der Waals surface area contributed by atoms with Gasteiger partial charge in [-0.15, -0.1) is 0 Å². The van der Waals surface area contributed by atoms with Gasteiger partial charge in [-0.05, 0) is 43.3 Å². The van der Waals surface area contributed by atoms with E-state index in [1.807, 2.05) is 61.7 Å². The highest BCUT2D eigenvalue weighted by Crippen LogP contribution is 2.24. The Morgan fingerprint density at radius 1 is 1.15 bits per heavy atom. The van der Waals surface area contributed by atoms with Crippen molar-refractivity contribution < 1.29 is 14.1 Å². The number of rotatable bonds is 4. The second kappa shape index (κ2) is 7.37. The van der Waals surface area contributed by atoms with Gasteiger partial charge in [-0.1, -0.05) is 29.8 Å². The molecule has 4 rings (SSSR count). The Labute approximate surface area is 158 Å². The van der Waals surface area contributed by atoms with E-state index >= 15 is 0 Å². The summed E-state index contributed by atoms with van der Waals surface area (Å²) < 4.78 is 16.7. The van der Waals surface area contributed by atoms with Gasteiger partial charge in [0.1, 0.15) is 5.82 Å². The molecule has 1 amide bonds. The Morgan fingerprint density at radius 2 is 1.93 bits per heavy atom. The van der Waals surface area contributed by atoms with Gasteiger partial charge in [0.2, 0.25) is 0 Å². The molecule has 1 unspecified atom stereocenters. The van der Waals surface area contributed by atoms with Crippen LogP contribution < -0.4 is 10.2 Å². The second-order valence-electron chi connectivity index (χ2n) is 7.08. The van der Waals surface area contributed by atoms with Gasteiger partial charge in [0.15, 0.2) is 12.6 Å². The van der Waals surface area contributed by atoms with Crippen molar-refractivity contribution in [1.82, 2.24) is 4.57 Å². The van der Waals surface area contributed by atoms with Gasteiger partial charge < -0.3 is 14.8 Å². The highest BCUT2D eigenvalue weighted by molar-refractivity contribution is 5.91. The Morgan fingerprint density at radius 3 is 2.70 bits per heavy atom. The molecule has 0 saturated heterocycles. The molecule has 1 aliphatic heterocycles. The fourth-order valence-electron chi connectivity index (χ4n) is 3.84. The summed E-state index contributed by atoms with van der Waals surface area (Å²) in [7, 11) is 0. The van der Waals surface area contributed by atoms with Gasteiger partial charge in [-0.2, -0.15) is 0 Å². The van der Waals surface area contributed by atoms with Gasteiger partial charge in [-0.3, -0.25) is 4.79 Å². The van der Waals surface area contributed by atoms with E-state index in [1.165, 1.54) is 6.07 Å². The first-order chi connectivity index (χ1) is 13.1. The van der Waals surface area contributed by atoms with Crippen LogP contribution in [0.25, 0.3) is 0 Å². The molecule has 0 aliphatic carbocycles. The summed E-state index contributed by atoms with van der Waals surface area (Å²) in [5.41, 5.74) is 3.61. The summed E-state index contributed by atoms with van der Waals surface area (Å²) in [6, 6.07) is 18.4. The van der Waals surface area contributed by atoms with E-state index in [0.29, 0.717) is 5.56 Å². The summed E-state index contributed by atoms with van der Waals surface area (Å²) in [6.45, 7) is 3.89. The first kappa shape index (κ1) is 17.5. The van der Waals surface area contributed by atoms with Crippen molar-refractivity contribution in [2.24, 2.45) is 0 Å². The monoisotopic (exact) mass is 364 g/mol. The zero-order valence-corrected chi connectivity index (χ0v) is 15.3. The zero-order valence-electron chi connectivity index (χ0n) is 15.3. The standard InChI is InChI=1S/C22H22FN3O/c1-16-8-10-17(11-9-16)24-21(27)15-26-14-13-25-12-4-7-20(25)22(26)18-5-2-3-6-19(18)23/h2-12,22H,13-15H2,1H3,(H,24,27)/p+1/t22-/m1/s1.